The van der Waals surface area contributed by atoms with E-state index in [1.165, 1.54) is 0 Å². The standard InChI is InChI=1S/C18H18F3N3O3/c1-8-6-23(3-2-22-8)16-12(20)4-9-15(14(16)21)24(13-5-11(13)19)7-10(17(9)25)18(26)27/h4,7-8,11,13,22H,2-3,5-6H2,1H3,(H,26,27)/t8-,11+,13-/m1/s1. The number of benzene rings is 1. The Labute approximate surface area is 152 Å². The number of aromatic carboxylic acids is 1. The molecule has 3 atom stereocenters. The SMILES string of the molecule is C[C@@H]1CN(c2c(F)cc3c(=O)c(C(=O)O)cn([C@@H]4C[C@@H]4F)c3c2F)CCN1. The number of hydrogen-bond acceptors (Lipinski definition) is 4. The summed E-state index contributed by atoms with van der Waals surface area (Å²) < 4.78 is 45.0. The third kappa shape index (κ3) is 2.86. The number of alkyl halides is 1. The number of nitrogens with zero attached hydrogens (tertiary/aromatic N) is 2. The molecule has 1 saturated carbocycles. The van der Waals surface area contributed by atoms with Crippen LogP contribution in [0.4, 0.5) is 18.9 Å². The lowest BCUT2D eigenvalue weighted by atomic mass is 10.1. The normalized spacial score (nSPS) is 25.0. The Hall–Kier alpha value is -2.55. The van der Waals surface area contributed by atoms with E-state index in [1.807, 2.05) is 6.92 Å². The fourth-order valence-electron chi connectivity index (χ4n) is 3.71. The maximum absolute atomic E-state index is 15.4. The average Bonchev–Trinajstić information content (AvgIpc) is 3.32. The molecule has 2 aliphatic rings. The minimum atomic E-state index is -1.52. The highest BCUT2D eigenvalue weighted by atomic mass is 19.1. The van der Waals surface area contributed by atoms with Gasteiger partial charge in [-0.25, -0.2) is 18.0 Å². The lowest BCUT2D eigenvalue weighted by Crippen LogP contribution is -2.49. The van der Waals surface area contributed by atoms with Gasteiger partial charge in [-0.05, 0) is 13.0 Å². The first-order chi connectivity index (χ1) is 12.8. The summed E-state index contributed by atoms with van der Waals surface area (Å²) in [5.74, 6) is -3.42. The van der Waals surface area contributed by atoms with Crippen LogP contribution in [0.15, 0.2) is 17.1 Å². The third-order valence-electron chi connectivity index (χ3n) is 5.14. The number of carboxylic acids is 1. The van der Waals surface area contributed by atoms with Gasteiger partial charge < -0.3 is 19.9 Å². The Balaban J connectivity index is 2.00. The number of hydrogen-bond donors (Lipinski definition) is 2. The van der Waals surface area contributed by atoms with E-state index in [-0.39, 0.29) is 23.7 Å². The van der Waals surface area contributed by atoms with Gasteiger partial charge in [0.15, 0.2) is 5.82 Å². The van der Waals surface area contributed by atoms with Crippen molar-refractivity contribution in [2.24, 2.45) is 0 Å². The van der Waals surface area contributed by atoms with Crippen LogP contribution in [0.3, 0.4) is 0 Å². The highest BCUT2D eigenvalue weighted by Gasteiger charge is 2.41. The number of piperazine rings is 1. The molecule has 1 aromatic heterocycles. The Bertz CT molecular complexity index is 1010. The van der Waals surface area contributed by atoms with Gasteiger partial charge in [0.25, 0.3) is 0 Å². The molecular formula is C18H18F3N3O3. The van der Waals surface area contributed by atoms with Gasteiger partial charge >= 0.3 is 5.97 Å². The molecule has 2 heterocycles. The molecule has 1 aromatic carbocycles. The monoisotopic (exact) mass is 381 g/mol. The largest absolute Gasteiger partial charge is 0.477 e. The first kappa shape index (κ1) is 17.8. The Kier molecular flexibility index (Phi) is 4.14. The number of rotatable bonds is 3. The zero-order valence-corrected chi connectivity index (χ0v) is 14.5. The minimum absolute atomic E-state index is 0.0171. The Morgan fingerprint density at radius 1 is 1.37 bits per heavy atom. The van der Waals surface area contributed by atoms with Crippen molar-refractivity contribution in [2.45, 2.75) is 31.6 Å². The molecule has 2 N–H and O–H groups in total. The van der Waals surface area contributed by atoms with Gasteiger partial charge in [0.05, 0.1) is 16.9 Å². The summed E-state index contributed by atoms with van der Waals surface area (Å²) in [7, 11) is 0. The molecule has 2 aromatic rings. The smallest absolute Gasteiger partial charge is 0.341 e. The zero-order valence-electron chi connectivity index (χ0n) is 14.5. The van der Waals surface area contributed by atoms with Crippen LogP contribution in [-0.2, 0) is 0 Å². The number of anilines is 1. The lowest BCUT2D eigenvalue weighted by molar-refractivity contribution is 0.0694. The summed E-state index contributed by atoms with van der Waals surface area (Å²) in [6.07, 6.45) is -0.208. The van der Waals surface area contributed by atoms with Crippen molar-refractivity contribution in [2.75, 3.05) is 24.5 Å². The van der Waals surface area contributed by atoms with Crippen LogP contribution in [0.5, 0.6) is 0 Å². The van der Waals surface area contributed by atoms with Crippen molar-refractivity contribution in [3.05, 3.63) is 39.7 Å². The number of pyridine rings is 1. The van der Waals surface area contributed by atoms with Crippen molar-refractivity contribution in [3.63, 3.8) is 0 Å². The maximum atomic E-state index is 15.4. The number of nitrogens with one attached hydrogen (secondary N) is 1. The fourth-order valence-corrected chi connectivity index (χ4v) is 3.71. The van der Waals surface area contributed by atoms with Crippen LogP contribution in [0.25, 0.3) is 10.9 Å². The molecule has 6 nitrogen and oxygen atoms in total. The average molecular weight is 381 g/mol. The molecule has 9 heteroatoms. The molecular weight excluding hydrogens is 363 g/mol. The second kappa shape index (κ2) is 6.26. The fraction of sp³-hybridized carbons (Fsp3) is 0.444. The van der Waals surface area contributed by atoms with Crippen LogP contribution in [-0.4, -0.2) is 47.5 Å². The zero-order chi connectivity index (χ0) is 19.5. The van der Waals surface area contributed by atoms with Gasteiger partial charge in [0.1, 0.15) is 23.2 Å². The van der Waals surface area contributed by atoms with Crippen molar-refractivity contribution in [3.8, 4) is 0 Å². The van der Waals surface area contributed by atoms with E-state index in [0.29, 0.717) is 19.6 Å². The third-order valence-corrected chi connectivity index (χ3v) is 5.14. The second-order valence-corrected chi connectivity index (χ2v) is 7.12. The number of carbonyl (C=O) groups is 1. The van der Waals surface area contributed by atoms with Crippen LogP contribution in [0.1, 0.15) is 29.7 Å². The van der Waals surface area contributed by atoms with E-state index in [2.05, 4.69) is 5.32 Å². The van der Waals surface area contributed by atoms with E-state index >= 15 is 4.39 Å². The number of halogens is 3. The number of fused-ring (bicyclic) bond motifs is 1. The molecule has 27 heavy (non-hydrogen) atoms. The summed E-state index contributed by atoms with van der Waals surface area (Å²) >= 11 is 0. The van der Waals surface area contributed by atoms with E-state index in [9.17, 15) is 23.5 Å². The topological polar surface area (TPSA) is 74.6 Å². The number of aromatic nitrogens is 1. The van der Waals surface area contributed by atoms with E-state index in [1.54, 1.807) is 4.90 Å². The lowest BCUT2D eigenvalue weighted by Gasteiger charge is -2.34. The molecule has 0 spiro atoms. The molecule has 1 saturated heterocycles. The Morgan fingerprint density at radius 3 is 2.67 bits per heavy atom. The summed E-state index contributed by atoms with van der Waals surface area (Å²) in [6, 6.07) is 0.117. The van der Waals surface area contributed by atoms with Gasteiger partial charge in [-0.1, -0.05) is 0 Å². The highest BCUT2D eigenvalue weighted by Crippen LogP contribution is 2.42. The highest BCUT2D eigenvalue weighted by molar-refractivity contribution is 5.94. The van der Waals surface area contributed by atoms with Gasteiger partial charge in [0, 0.05) is 38.3 Å². The Morgan fingerprint density at radius 2 is 2.07 bits per heavy atom. The molecule has 0 amide bonds. The van der Waals surface area contributed by atoms with Crippen LogP contribution < -0.4 is 15.6 Å². The van der Waals surface area contributed by atoms with Gasteiger partial charge in [-0.15, -0.1) is 0 Å². The summed E-state index contributed by atoms with van der Waals surface area (Å²) in [4.78, 5) is 25.3. The summed E-state index contributed by atoms with van der Waals surface area (Å²) in [6.45, 7) is 3.16. The molecule has 1 aliphatic heterocycles. The molecule has 1 aliphatic carbocycles. The minimum Gasteiger partial charge on any atom is -0.477 e. The van der Waals surface area contributed by atoms with Crippen LogP contribution in [0.2, 0.25) is 0 Å². The molecule has 0 unspecified atom stereocenters. The predicted octanol–water partition coefficient (Wildman–Crippen LogP) is 2.06. The second-order valence-electron chi connectivity index (χ2n) is 7.12. The molecule has 4 rings (SSSR count). The first-order valence-corrected chi connectivity index (χ1v) is 8.72. The number of carboxylic acid groups (broad SMARTS) is 1. The molecule has 2 fully saturated rings. The van der Waals surface area contributed by atoms with Crippen molar-refractivity contribution in [1.82, 2.24) is 9.88 Å². The van der Waals surface area contributed by atoms with Crippen molar-refractivity contribution < 1.29 is 23.1 Å². The van der Waals surface area contributed by atoms with E-state index in [0.717, 1.165) is 16.8 Å². The van der Waals surface area contributed by atoms with Crippen molar-refractivity contribution in [1.29, 1.82) is 0 Å². The quantitative estimate of drug-likeness (QED) is 0.852. The predicted molar refractivity (Wildman–Crippen MR) is 93.3 cm³/mol. The summed E-state index contributed by atoms with van der Waals surface area (Å²) in [5, 5.41) is 12.0. The molecule has 0 radical (unpaired) electrons. The van der Waals surface area contributed by atoms with E-state index < -0.39 is 46.2 Å². The van der Waals surface area contributed by atoms with Crippen LogP contribution >= 0.6 is 0 Å². The van der Waals surface area contributed by atoms with Crippen LogP contribution in [0, 0.1) is 11.6 Å². The summed E-state index contributed by atoms with van der Waals surface area (Å²) in [5.41, 5.74) is -2.15. The van der Waals surface area contributed by atoms with Crippen molar-refractivity contribution >= 4 is 22.6 Å². The van der Waals surface area contributed by atoms with E-state index in [4.69, 9.17) is 0 Å². The van der Waals surface area contributed by atoms with Gasteiger partial charge in [-0.2, -0.15) is 0 Å². The first-order valence-electron chi connectivity index (χ1n) is 8.72. The van der Waals surface area contributed by atoms with Gasteiger partial charge in [-0.3, -0.25) is 4.79 Å². The maximum Gasteiger partial charge on any atom is 0.341 e. The van der Waals surface area contributed by atoms with Gasteiger partial charge in [0.2, 0.25) is 5.43 Å². The molecule has 144 valence electrons. The molecule has 0 bridgehead atoms.